The van der Waals surface area contributed by atoms with Crippen LogP contribution >= 0.6 is 0 Å². The van der Waals surface area contributed by atoms with E-state index in [0.717, 1.165) is 15.1 Å². The Morgan fingerprint density at radius 3 is 2.67 bits per heavy atom. The first-order valence-electron chi connectivity index (χ1n) is 6.71. The monoisotopic (exact) mass is 356 g/mol. The van der Waals surface area contributed by atoms with Gasteiger partial charge >= 0.3 is 5.97 Å². The van der Waals surface area contributed by atoms with Crippen molar-refractivity contribution in [1.82, 2.24) is 14.1 Å². The minimum Gasteiger partial charge on any atom is -0.480 e. The largest absolute Gasteiger partial charge is 0.480 e. The maximum Gasteiger partial charge on any atom is 0.325 e. The van der Waals surface area contributed by atoms with Crippen molar-refractivity contribution in [2.75, 3.05) is 19.4 Å². The third kappa shape index (κ3) is 3.63. The highest BCUT2D eigenvalue weighted by Crippen LogP contribution is 2.22. The molecule has 0 aromatic carbocycles. The zero-order valence-corrected chi connectivity index (χ0v) is 14.0. The van der Waals surface area contributed by atoms with Gasteiger partial charge in [0.2, 0.25) is 10.0 Å². The van der Waals surface area contributed by atoms with E-state index >= 15 is 0 Å². The highest BCUT2D eigenvalue weighted by Gasteiger charge is 2.26. The molecule has 0 aliphatic rings. The van der Waals surface area contributed by atoms with E-state index in [2.05, 4.69) is 10.4 Å². The molecule has 2 aromatic heterocycles. The fraction of sp³-hybridized carbons (Fsp3) is 0.308. The summed E-state index contributed by atoms with van der Waals surface area (Å²) in [6.07, 6.45) is 1.39. The Hall–Kier alpha value is -2.66. The Labute approximate surface area is 137 Å². The standard InChI is InChI=1S/C13H16N4O6S/c1-8-10(24(21,22)16(2)3)6-9(23-8)13(20)14-11-4-5-17(15-11)7-12(18)19/h4-6H,7H2,1-3H3,(H,18,19)(H,14,15,20). The number of nitrogens with zero attached hydrogens (tertiary/aromatic N) is 3. The SMILES string of the molecule is Cc1oc(C(=O)Nc2ccn(CC(=O)O)n2)cc1S(=O)(=O)N(C)C. The lowest BCUT2D eigenvalue weighted by molar-refractivity contribution is -0.137. The molecule has 2 heterocycles. The number of amides is 1. The number of carboxylic acids is 1. The summed E-state index contributed by atoms with van der Waals surface area (Å²) >= 11 is 0. The van der Waals surface area contributed by atoms with Gasteiger partial charge in [0.1, 0.15) is 17.2 Å². The number of carboxylic acid groups (broad SMARTS) is 1. The predicted molar refractivity (Wildman–Crippen MR) is 82.1 cm³/mol. The van der Waals surface area contributed by atoms with Crippen molar-refractivity contribution in [2.24, 2.45) is 0 Å². The summed E-state index contributed by atoms with van der Waals surface area (Å²) in [5.74, 6) is -1.76. The first-order valence-corrected chi connectivity index (χ1v) is 8.15. The highest BCUT2D eigenvalue weighted by molar-refractivity contribution is 7.89. The van der Waals surface area contributed by atoms with Crippen molar-refractivity contribution in [3.63, 3.8) is 0 Å². The number of hydrogen-bond donors (Lipinski definition) is 2. The Bertz CT molecular complexity index is 880. The van der Waals surface area contributed by atoms with E-state index in [1.807, 2.05) is 0 Å². The number of furan rings is 1. The van der Waals surface area contributed by atoms with Crippen LogP contribution in [0.3, 0.4) is 0 Å². The molecule has 0 saturated heterocycles. The van der Waals surface area contributed by atoms with E-state index in [0.29, 0.717) is 0 Å². The van der Waals surface area contributed by atoms with Crippen LogP contribution < -0.4 is 5.32 Å². The van der Waals surface area contributed by atoms with Gasteiger partial charge in [-0.15, -0.1) is 0 Å². The average Bonchev–Trinajstić information content (AvgIpc) is 3.05. The maximum atomic E-state index is 12.1. The molecular formula is C13H16N4O6S. The van der Waals surface area contributed by atoms with Crippen LogP contribution in [-0.2, 0) is 21.4 Å². The van der Waals surface area contributed by atoms with Gasteiger partial charge in [-0.1, -0.05) is 0 Å². The lowest BCUT2D eigenvalue weighted by Crippen LogP contribution is -2.22. The van der Waals surface area contributed by atoms with Crippen molar-refractivity contribution >= 4 is 27.7 Å². The van der Waals surface area contributed by atoms with Crippen LogP contribution in [0.25, 0.3) is 0 Å². The second-order valence-electron chi connectivity index (χ2n) is 5.06. The number of carbonyl (C=O) groups is 2. The van der Waals surface area contributed by atoms with Gasteiger partial charge in [-0.3, -0.25) is 14.3 Å². The van der Waals surface area contributed by atoms with Crippen molar-refractivity contribution < 1.29 is 27.5 Å². The first kappa shape index (κ1) is 17.7. The minimum absolute atomic E-state index is 0.0882. The second-order valence-corrected chi connectivity index (χ2v) is 7.19. The van der Waals surface area contributed by atoms with E-state index in [1.165, 1.54) is 33.3 Å². The Morgan fingerprint density at radius 1 is 1.42 bits per heavy atom. The van der Waals surface area contributed by atoms with E-state index in [9.17, 15) is 18.0 Å². The average molecular weight is 356 g/mol. The van der Waals surface area contributed by atoms with Crippen LogP contribution in [0.15, 0.2) is 27.6 Å². The summed E-state index contributed by atoms with van der Waals surface area (Å²) in [6.45, 7) is 1.09. The molecule has 0 unspecified atom stereocenters. The number of nitrogens with one attached hydrogen (secondary N) is 1. The number of aryl methyl sites for hydroxylation is 1. The summed E-state index contributed by atoms with van der Waals surface area (Å²) in [7, 11) is -0.985. The molecule has 2 aromatic rings. The van der Waals surface area contributed by atoms with Crippen LogP contribution in [0.1, 0.15) is 16.3 Å². The Kier molecular flexibility index (Phi) is 4.76. The van der Waals surface area contributed by atoms with E-state index in [1.54, 1.807) is 0 Å². The summed E-state index contributed by atoms with van der Waals surface area (Å²) < 4.78 is 31.6. The Balaban J connectivity index is 2.19. The molecule has 0 radical (unpaired) electrons. The minimum atomic E-state index is -3.73. The van der Waals surface area contributed by atoms with Gasteiger partial charge in [0, 0.05) is 32.4 Å². The third-order valence-corrected chi connectivity index (χ3v) is 4.96. The zero-order chi connectivity index (χ0) is 18.1. The molecular weight excluding hydrogens is 340 g/mol. The number of anilines is 1. The summed E-state index contributed by atoms with van der Waals surface area (Å²) in [5, 5.41) is 14.9. The fourth-order valence-electron chi connectivity index (χ4n) is 1.86. The molecule has 1 amide bonds. The molecule has 0 bridgehead atoms. The van der Waals surface area contributed by atoms with Gasteiger partial charge in [0.05, 0.1) is 0 Å². The number of aromatic nitrogens is 2. The number of hydrogen-bond acceptors (Lipinski definition) is 6. The lowest BCUT2D eigenvalue weighted by atomic mass is 10.4. The molecule has 11 heteroatoms. The molecule has 2 rings (SSSR count). The molecule has 0 atom stereocenters. The molecule has 0 aliphatic carbocycles. The fourth-order valence-corrected chi connectivity index (χ4v) is 2.92. The maximum absolute atomic E-state index is 12.1. The molecule has 10 nitrogen and oxygen atoms in total. The van der Waals surface area contributed by atoms with Crippen LogP contribution in [0.2, 0.25) is 0 Å². The molecule has 0 aliphatic heterocycles. The molecule has 0 saturated carbocycles. The normalized spacial score (nSPS) is 11.7. The molecule has 24 heavy (non-hydrogen) atoms. The van der Waals surface area contributed by atoms with Gasteiger partial charge in [0.15, 0.2) is 11.6 Å². The van der Waals surface area contributed by atoms with Crippen molar-refractivity contribution in [3.05, 3.63) is 29.9 Å². The van der Waals surface area contributed by atoms with Crippen LogP contribution in [0, 0.1) is 6.92 Å². The molecule has 2 N–H and O–H groups in total. The van der Waals surface area contributed by atoms with Gasteiger partial charge in [0.25, 0.3) is 5.91 Å². The quantitative estimate of drug-likeness (QED) is 0.763. The van der Waals surface area contributed by atoms with Crippen molar-refractivity contribution in [1.29, 1.82) is 0 Å². The smallest absolute Gasteiger partial charge is 0.325 e. The van der Waals surface area contributed by atoms with E-state index in [4.69, 9.17) is 9.52 Å². The van der Waals surface area contributed by atoms with E-state index < -0.39 is 21.9 Å². The zero-order valence-electron chi connectivity index (χ0n) is 13.2. The topological polar surface area (TPSA) is 135 Å². The third-order valence-electron chi connectivity index (χ3n) is 3.03. The summed E-state index contributed by atoms with van der Waals surface area (Å²) in [5.41, 5.74) is 0. The van der Waals surface area contributed by atoms with Gasteiger partial charge < -0.3 is 14.8 Å². The highest BCUT2D eigenvalue weighted by atomic mass is 32.2. The van der Waals surface area contributed by atoms with Crippen LogP contribution in [0.4, 0.5) is 5.82 Å². The number of carbonyl (C=O) groups excluding carboxylic acids is 1. The van der Waals surface area contributed by atoms with Crippen LogP contribution in [0.5, 0.6) is 0 Å². The number of aliphatic carboxylic acids is 1. The number of sulfonamides is 1. The molecule has 0 fully saturated rings. The van der Waals surface area contributed by atoms with Crippen molar-refractivity contribution in [3.8, 4) is 0 Å². The summed E-state index contributed by atoms with van der Waals surface area (Å²) in [4.78, 5) is 22.6. The molecule has 0 spiro atoms. The van der Waals surface area contributed by atoms with Gasteiger partial charge in [-0.2, -0.15) is 5.10 Å². The summed E-state index contributed by atoms with van der Waals surface area (Å²) in [6, 6.07) is 2.54. The predicted octanol–water partition coefficient (Wildman–Crippen LogP) is 0.372. The van der Waals surface area contributed by atoms with Crippen molar-refractivity contribution in [2.45, 2.75) is 18.4 Å². The Morgan fingerprint density at radius 2 is 2.08 bits per heavy atom. The number of rotatable bonds is 6. The van der Waals surface area contributed by atoms with Gasteiger partial charge in [-0.05, 0) is 6.92 Å². The van der Waals surface area contributed by atoms with E-state index in [-0.39, 0.29) is 28.8 Å². The molecule has 130 valence electrons. The lowest BCUT2D eigenvalue weighted by Gasteiger charge is -2.09. The first-order chi connectivity index (χ1) is 11.1. The second kappa shape index (κ2) is 6.45. The van der Waals surface area contributed by atoms with Crippen LogP contribution in [-0.4, -0.2) is 53.6 Å². The van der Waals surface area contributed by atoms with Gasteiger partial charge in [-0.25, -0.2) is 12.7 Å².